The lowest BCUT2D eigenvalue weighted by molar-refractivity contribution is 0.0252. The molecular weight excluding hydrogens is 223 g/mol. The molecule has 0 spiro atoms. The Hall–Kier alpha value is -1.04. The zero-order chi connectivity index (χ0) is 12.3. The highest BCUT2D eigenvalue weighted by Crippen LogP contribution is 2.19. The molecule has 0 saturated carbocycles. The maximum atomic E-state index is 13.0. The van der Waals surface area contributed by atoms with E-state index in [1.807, 2.05) is 6.92 Å². The molecule has 2 heterocycles. The average molecular weight is 240 g/mol. The van der Waals surface area contributed by atoms with E-state index in [1.54, 1.807) is 6.20 Å². The van der Waals surface area contributed by atoms with Crippen LogP contribution in [0.15, 0.2) is 18.5 Å². The minimum absolute atomic E-state index is 0.0529. The van der Waals surface area contributed by atoms with Crippen LogP contribution in [0.3, 0.4) is 0 Å². The molecule has 1 saturated heterocycles. The van der Waals surface area contributed by atoms with E-state index >= 15 is 0 Å². The molecule has 1 fully saturated rings. The van der Waals surface area contributed by atoms with Crippen molar-refractivity contribution in [3.8, 4) is 0 Å². The largest absolute Gasteiger partial charge is 0.386 e. The molecule has 2 rings (SSSR count). The summed E-state index contributed by atoms with van der Waals surface area (Å²) in [6, 6.07) is 1.39. The fourth-order valence-corrected chi connectivity index (χ4v) is 1.86. The number of pyridine rings is 1. The van der Waals surface area contributed by atoms with E-state index in [2.05, 4.69) is 10.3 Å². The van der Waals surface area contributed by atoms with Crippen molar-refractivity contribution in [2.24, 2.45) is 0 Å². The zero-order valence-corrected chi connectivity index (χ0v) is 9.82. The van der Waals surface area contributed by atoms with Crippen molar-refractivity contribution in [3.05, 3.63) is 29.8 Å². The van der Waals surface area contributed by atoms with Crippen LogP contribution < -0.4 is 5.32 Å². The normalized spacial score (nSPS) is 26.1. The summed E-state index contributed by atoms with van der Waals surface area (Å²) in [5.74, 6) is -0.348. The fourth-order valence-electron chi connectivity index (χ4n) is 1.86. The van der Waals surface area contributed by atoms with Crippen LogP contribution in [0.25, 0.3) is 0 Å². The van der Waals surface area contributed by atoms with Crippen molar-refractivity contribution in [2.75, 3.05) is 19.8 Å². The summed E-state index contributed by atoms with van der Waals surface area (Å²) in [7, 11) is 0. The van der Waals surface area contributed by atoms with Gasteiger partial charge in [0.05, 0.1) is 12.8 Å². The maximum absolute atomic E-state index is 13.0. The summed E-state index contributed by atoms with van der Waals surface area (Å²) in [6.07, 6.45) is 3.43. The first-order chi connectivity index (χ1) is 8.09. The first-order valence-corrected chi connectivity index (χ1v) is 5.73. The molecule has 2 unspecified atom stereocenters. The minimum Gasteiger partial charge on any atom is -0.386 e. The van der Waals surface area contributed by atoms with Crippen LogP contribution in [0.1, 0.15) is 24.9 Å². The van der Waals surface area contributed by atoms with Gasteiger partial charge in [-0.15, -0.1) is 0 Å². The Morgan fingerprint density at radius 2 is 2.47 bits per heavy atom. The molecule has 2 atom stereocenters. The molecule has 94 valence electrons. The van der Waals surface area contributed by atoms with Crippen molar-refractivity contribution >= 4 is 0 Å². The summed E-state index contributed by atoms with van der Waals surface area (Å²) < 4.78 is 18.1. The van der Waals surface area contributed by atoms with Crippen LogP contribution in [-0.2, 0) is 4.74 Å². The van der Waals surface area contributed by atoms with Crippen molar-refractivity contribution in [2.45, 2.75) is 25.0 Å². The van der Waals surface area contributed by atoms with Gasteiger partial charge in [-0.2, -0.15) is 0 Å². The zero-order valence-electron chi connectivity index (χ0n) is 9.82. The Morgan fingerprint density at radius 3 is 3.12 bits per heavy atom. The first kappa shape index (κ1) is 12.4. The van der Waals surface area contributed by atoms with Gasteiger partial charge in [-0.25, -0.2) is 4.39 Å². The minimum atomic E-state index is -0.797. The van der Waals surface area contributed by atoms with E-state index in [9.17, 15) is 9.50 Å². The van der Waals surface area contributed by atoms with Gasteiger partial charge < -0.3 is 15.2 Å². The van der Waals surface area contributed by atoms with Gasteiger partial charge in [0.25, 0.3) is 0 Å². The van der Waals surface area contributed by atoms with Crippen LogP contribution in [0.4, 0.5) is 4.39 Å². The highest BCUT2D eigenvalue weighted by molar-refractivity contribution is 5.14. The van der Waals surface area contributed by atoms with Crippen molar-refractivity contribution in [3.63, 3.8) is 0 Å². The van der Waals surface area contributed by atoms with Crippen molar-refractivity contribution < 1.29 is 14.2 Å². The molecular formula is C12H17FN2O2. The van der Waals surface area contributed by atoms with Gasteiger partial charge in [0.2, 0.25) is 0 Å². The Balaban J connectivity index is 1.91. The van der Waals surface area contributed by atoms with Crippen LogP contribution in [-0.4, -0.2) is 35.5 Å². The second-order valence-electron chi connectivity index (χ2n) is 4.57. The van der Waals surface area contributed by atoms with E-state index in [0.29, 0.717) is 26.2 Å². The van der Waals surface area contributed by atoms with Gasteiger partial charge in [-0.3, -0.25) is 4.98 Å². The molecule has 2 N–H and O–H groups in total. The van der Waals surface area contributed by atoms with Crippen LogP contribution in [0, 0.1) is 5.82 Å². The third-order valence-corrected chi connectivity index (χ3v) is 3.05. The highest BCUT2D eigenvalue weighted by Gasteiger charge is 2.32. The summed E-state index contributed by atoms with van der Waals surface area (Å²) in [5, 5.41) is 13.2. The molecule has 1 aromatic heterocycles. The second kappa shape index (κ2) is 5.08. The van der Waals surface area contributed by atoms with Gasteiger partial charge in [0, 0.05) is 31.8 Å². The smallest absolute Gasteiger partial charge is 0.141 e. The lowest BCUT2D eigenvalue weighted by Gasteiger charge is -2.23. The number of rotatable bonds is 4. The van der Waals surface area contributed by atoms with Gasteiger partial charge in [0.1, 0.15) is 11.4 Å². The second-order valence-corrected chi connectivity index (χ2v) is 4.57. The lowest BCUT2D eigenvalue weighted by Crippen LogP contribution is -2.41. The molecule has 4 nitrogen and oxygen atoms in total. The number of hydrogen-bond acceptors (Lipinski definition) is 4. The fraction of sp³-hybridized carbons (Fsp3) is 0.583. The molecule has 0 amide bonds. The van der Waals surface area contributed by atoms with E-state index in [0.717, 1.165) is 5.56 Å². The van der Waals surface area contributed by atoms with Gasteiger partial charge in [-0.05, 0) is 18.6 Å². The van der Waals surface area contributed by atoms with Crippen molar-refractivity contribution in [1.82, 2.24) is 10.3 Å². The Labute approximate surface area is 99.8 Å². The molecule has 1 aromatic rings. The summed E-state index contributed by atoms with van der Waals surface area (Å²) in [4.78, 5) is 3.80. The quantitative estimate of drug-likeness (QED) is 0.825. The van der Waals surface area contributed by atoms with Crippen LogP contribution in [0.2, 0.25) is 0 Å². The van der Waals surface area contributed by atoms with E-state index in [-0.39, 0.29) is 11.9 Å². The first-order valence-electron chi connectivity index (χ1n) is 5.73. The topological polar surface area (TPSA) is 54.4 Å². The predicted molar refractivity (Wildman–Crippen MR) is 61.0 cm³/mol. The number of nitrogens with zero attached hydrogens (tertiary/aromatic N) is 1. The monoisotopic (exact) mass is 240 g/mol. The molecule has 5 heteroatoms. The van der Waals surface area contributed by atoms with Gasteiger partial charge in [-0.1, -0.05) is 0 Å². The number of ether oxygens (including phenoxy) is 1. The number of hydrogen-bond donors (Lipinski definition) is 2. The molecule has 1 aliphatic rings. The maximum Gasteiger partial charge on any atom is 0.141 e. The molecule has 0 bridgehead atoms. The molecule has 0 aliphatic carbocycles. The SMILES string of the molecule is CC(NCC1(O)CCOC1)c1cncc(F)c1. The summed E-state index contributed by atoms with van der Waals surface area (Å²) >= 11 is 0. The van der Waals surface area contributed by atoms with E-state index in [4.69, 9.17) is 4.74 Å². The van der Waals surface area contributed by atoms with Gasteiger partial charge in [0.15, 0.2) is 0 Å². The Morgan fingerprint density at radius 1 is 1.65 bits per heavy atom. The Bertz CT molecular complexity index is 381. The number of halogens is 1. The molecule has 0 aromatic carbocycles. The standard InChI is InChI=1S/C12H17FN2O2/c1-9(10-4-11(13)6-14-5-10)15-7-12(16)2-3-17-8-12/h4-6,9,15-16H,2-3,7-8H2,1H3. The number of aliphatic hydroxyl groups is 1. The summed E-state index contributed by atoms with van der Waals surface area (Å²) in [6.45, 7) is 3.29. The van der Waals surface area contributed by atoms with Crippen LogP contribution in [0.5, 0.6) is 0 Å². The average Bonchev–Trinajstić information content (AvgIpc) is 2.74. The van der Waals surface area contributed by atoms with Crippen molar-refractivity contribution in [1.29, 1.82) is 0 Å². The van der Waals surface area contributed by atoms with Gasteiger partial charge >= 0.3 is 0 Å². The third kappa shape index (κ3) is 3.21. The third-order valence-electron chi connectivity index (χ3n) is 3.05. The molecule has 17 heavy (non-hydrogen) atoms. The predicted octanol–water partition coefficient (Wildman–Crippen LogP) is 1.02. The molecule has 0 radical (unpaired) electrons. The van der Waals surface area contributed by atoms with E-state index in [1.165, 1.54) is 12.3 Å². The summed E-state index contributed by atoms with van der Waals surface area (Å²) in [5.41, 5.74) is -0.0258. The van der Waals surface area contributed by atoms with Crippen LogP contribution >= 0.6 is 0 Å². The highest BCUT2D eigenvalue weighted by atomic mass is 19.1. The number of nitrogens with one attached hydrogen (secondary N) is 1. The van der Waals surface area contributed by atoms with E-state index < -0.39 is 5.60 Å². The molecule has 1 aliphatic heterocycles. The number of aromatic nitrogens is 1. The lowest BCUT2D eigenvalue weighted by atomic mass is 10.0. The Kier molecular flexibility index (Phi) is 3.71.